The average molecular weight is 290 g/mol. The predicted octanol–water partition coefficient (Wildman–Crippen LogP) is 4.41. The van der Waals surface area contributed by atoms with Crippen molar-refractivity contribution in [3.8, 4) is 5.88 Å². The third-order valence-electron chi connectivity index (χ3n) is 3.89. The van der Waals surface area contributed by atoms with Gasteiger partial charge in [0.2, 0.25) is 5.88 Å². The number of hydrogen-bond donors (Lipinski definition) is 1. The summed E-state index contributed by atoms with van der Waals surface area (Å²) in [5.74, 6) is 1.23. The molecular formula is C18H30N2O. The van der Waals surface area contributed by atoms with E-state index < -0.39 is 0 Å². The highest BCUT2D eigenvalue weighted by atomic mass is 16.5. The molecule has 118 valence electrons. The predicted molar refractivity (Wildman–Crippen MR) is 87.8 cm³/mol. The Bertz CT molecular complexity index is 457. The maximum Gasteiger partial charge on any atom is 0.214 e. The fraction of sp³-hybridized carbons (Fsp3) is 0.722. The molecule has 0 atom stereocenters. The Morgan fingerprint density at radius 3 is 2.48 bits per heavy atom. The van der Waals surface area contributed by atoms with Gasteiger partial charge in [-0.1, -0.05) is 13.8 Å². The summed E-state index contributed by atoms with van der Waals surface area (Å²) in [6.07, 6.45) is 5.27. The summed E-state index contributed by atoms with van der Waals surface area (Å²) >= 11 is 0. The number of rotatable bonds is 5. The molecule has 1 aliphatic carbocycles. The van der Waals surface area contributed by atoms with E-state index in [0.29, 0.717) is 12.0 Å². The van der Waals surface area contributed by atoms with Crippen LogP contribution in [0, 0.1) is 0 Å². The standard InChI is InChI=1S/C18H30N2O/c1-13(2)16-10-14(12-19-18(3,4)5)11-17(20-16)21-15-8-6-7-9-15/h10-11,13,15,19H,6-9,12H2,1-5H3. The van der Waals surface area contributed by atoms with Crippen LogP contribution in [0.1, 0.15) is 77.5 Å². The molecule has 3 heteroatoms. The second-order valence-corrected chi connectivity index (χ2v) is 7.52. The fourth-order valence-corrected chi connectivity index (χ4v) is 2.58. The fourth-order valence-electron chi connectivity index (χ4n) is 2.58. The lowest BCUT2D eigenvalue weighted by molar-refractivity contribution is 0.200. The molecule has 0 radical (unpaired) electrons. The van der Waals surface area contributed by atoms with E-state index in [1.165, 1.54) is 31.2 Å². The zero-order valence-corrected chi connectivity index (χ0v) is 14.2. The maximum absolute atomic E-state index is 6.10. The van der Waals surface area contributed by atoms with Crippen molar-refractivity contribution < 1.29 is 4.74 Å². The molecule has 2 rings (SSSR count). The van der Waals surface area contributed by atoms with Crippen molar-refractivity contribution in [1.82, 2.24) is 10.3 Å². The van der Waals surface area contributed by atoms with Crippen LogP contribution in [0.15, 0.2) is 12.1 Å². The van der Waals surface area contributed by atoms with Crippen LogP contribution in [0.5, 0.6) is 5.88 Å². The minimum absolute atomic E-state index is 0.119. The van der Waals surface area contributed by atoms with Gasteiger partial charge < -0.3 is 10.1 Å². The Morgan fingerprint density at radius 2 is 1.90 bits per heavy atom. The molecule has 1 N–H and O–H groups in total. The van der Waals surface area contributed by atoms with Crippen LogP contribution in [0.4, 0.5) is 0 Å². The number of pyridine rings is 1. The van der Waals surface area contributed by atoms with Crippen LogP contribution in [-0.2, 0) is 6.54 Å². The molecule has 1 aromatic rings. The zero-order valence-electron chi connectivity index (χ0n) is 14.2. The molecule has 0 saturated heterocycles. The normalized spacial score (nSPS) is 16.7. The highest BCUT2D eigenvalue weighted by Crippen LogP contribution is 2.25. The first-order chi connectivity index (χ1) is 9.83. The van der Waals surface area contributed by atoms with Gasteiger partial charge in [0.05, 0.1) is 0 Å². The number of ether oxygens (including phenoxy) is 1. The summed E-state index contributed by atoms with van der Waals surface area (Å²) in [5.41, 5.74) is 2.50. The van der Waals surface area contributed by atoms with Gasteiger partial charge in [-0.05, 0) is 64.0 Å². The van der Waals surface area contributed by atoms with E-state index in [2.05, 4.69) is 52.1 Å². The van der Waals surface area contributed by atoms with E-state index in [9.17, 15) is 0 Å². The maximum atomic E-state index is 6.10. The van der Waals surface area contributed by atoms with Crippen molar-refractivity contribution in [2.75, 3.05) is 0 Å². The summed E-state index contributed by atoms with van der Waals surface area (Å²) < 4.78 is 6.10. The molecule has 1 aliphatic rings. The first kappa shape index (κ1) is 16.3. The lowest BCUT2D eigenvalue weighted by atomic mass is 10.1. The highest BCUT2D eigenvalue weighted by molar-refractivity contribution is 5.27. The van der Waals surface area contributed by atoms with Crippen molar-refractivity contribution in [3.05, 3.63) is 23.4 Å². The molecule has 1 fully saturated rings. The molecule has 1 heterocycles. The monoisotopic (exact) mass is 290 g/mol. The van der Waals surface area contributed by atoms with E-state index in [0.717, 1.165) is 18.1 Å². The van der Waals surface area contributed by atoms with Crippen molar-refractivity contribution in [2.45, 2.75) is 84.4 Å². The van der Waals surface area contributed by atoms with Crippen LogP contribution in [0.25, 0.3) is 0 Å². The van der Waals surface area contributed by atoms with Gasteiger partial charge in [-0.2, -0.15) is 0 Å². The quantitative estimate of drug-likeness (QED) is 0.872. The first-order valence-corrected chi connectivity index (χ1v) is 8.26. The minimum Gasteiger partial charge on any atom is -0.474 e. The Morgan fingerprint density at radius 1 is 1.24 bits per heavy atom. The number of aromatic nitrogens is 1. The summed E-state index contributed by atoms with van der Waals surface area (Å²) in [4.78, 5) is 4.69. The van der Waals surface area contributed by atoms with Gasteiger partial charge in [0.25, 0.3) is 0 Å². The largest absolute Gasteiger partial charge is 0.474 e. The minimum atomic E-state index is 0.119. The van der Waals surface area contributed by atoms with Crippen LogP contribution in [-0.4, -0.2) is 16.6 Å². The summed E-state index contributed by atoms with van der Waals surface area (Å²) in [6.45, 7) is 11.8. The topological polar surface area (TPSA) is 34.1 Å². The SMILES string of the molecule is CC(C)c1cc(CNC(C)(C)C)cc(OC2CCCC2)n1. The van der Waals surface area contributed by atoms with Crippen LogP contribution < -0.4 is 10.1 Å². The molecule has 1 aromatic heterocycles. The van der Waals surface area contributed by atoms with Gasteiger partial charge in [0, 0.05) is 23.8 Å². The Kier molecular flexibility index (Phi) is 5.26. The molecule has 1 saturated carbocycles. The van der Waals surface area contributed by atoms with Crippen LogP contribution >= 0.6 is 0 Å². The van der Waals surface area contributed by atoms with Gasteiger partial charge >= 0.3 is 0 Å². The van der Waals surface area contributed by atoms with Gasteiger partial charge in [0.15, 0.2) is 0 Å². The van der Waals surface area contributed by atoms with Gasteiger partial charge in [0.1, 0.15) is 6.10 Å². The molecular weight excluding hydrogens is 260 g/mol. The third-order valence-corrected chi connectivity index (χ3v) is 3.89. The van der Waals surface area contributed by atoms with Gasteiger partial charge in [-0.3, -0.25) is 0 Å². The summed E-state index contributed by atoms with van der Waals surface area (Å²) in [6, 6.07) is 4.30. The van der Waals surface area contributed by atoms with Gasteiger partial charge in [-0.15, -0.1) is 0 Å². The third kappa shape index (κ3) is 5.31. The van der Waals surface area contributed by atoms with E-state index in [-0.39, 0.29) is 5.54 Å². The van der Waals surface area contributed by atoms with Crippen LogP contribution in [0.2, 0.25) is 0 Å². The Labute approximate surface area is 129 Å². The molecule has 3 nitrogen and oxygen atoms in total. The molecule has 0 unspecified atom stereocenters. The van der Waals surface area contributed by atoms with E-state index >= 15 is 0 Å². The number of hydrogen-bond acceptors (Lipinski definition) is 3. The molecule has 21 heavy (non-hydrogen) atoms. The number of nitrogens with zero attached hydrogens (tertiary/aromatic N) is 1. The van der Waals surface area contributed by atoms with E-state index in [1.807, 2.05) is 0 Å². The van der Waals surface area contributed by atoms with Crippen molar-refractivity contribution in [1.29, 1.82) is 0 Å². The molecule has 0 aromatic carbocycles. The Balaban J connectivity index is 2.13. The molecule has 0 bridgehead atoms. The molecule has 0 spiro atoms. The van der Waals surface area contributed by atoms with Crippen molar-refractivity contribution in [2.24, 2.45) is 0 Å². The second-order valence-electron chi connectivity index (χ2n) is 7.52. The van der Waals surface area contributed by atoms with Crippen molar-refractivity contribution in [3.63, 3.8) is 0 Å². The average Bonchev–Trinajstić information content (AvgIpc) is 2.88. The molecule has 0 aliphatic heterocycles. The van der Waals surface area contributed by atoms with Crippen molar-refractivity contribution >= 4 is 0 Å². The van der Waals surface area contributed by atoms with Crippen LogP contribution in [0.3, 0.4) is 0 Å². The summed E-state index contributed by atoms with van der Waals surface area (Å²) in [5, 5.41) is 3.54. The smallest absolute Gasteiger partial charge is 0.214 e. The number of nitrogens with one attached hydrogen (secondary N) is 1. The summed E-state index contributed by atoms with van der Waals surface area (Å²) in [7, 11) is 0. The zero-order chi connectivity index (χ0) is 15.5. The molecule has 0 amide bonds. The van der Waals surface area contributed by atoms with Gasteiger partial charge in [-0.25, -0.2) is 4.98 Å². The highest BCUT2D eigenvalue weighted by Gasteiger charge is 2.18. The first-order valence-electron chi connectivity index (χ1n) is 8.26. The van der Waals surface area contributed by atoms with E-state index in [1.54, 1.807) is 0 Å². The lowest BCUT2D eigenvalue weighted by Crippen LogP contribution is -2.35. The second kappa shape index (κ2) is 6.78. The Hall–Kier alpha value is -1.09. The van der Waals surface area contributed by atoms with E-state index in [4.69, 9.17) is 9.72 Å². The lowest BCUT2D eigenvalue weighted by Gasteiger charge is -2.21.